The SMILES string of the molecule is C[N+](C)(CCCI)NC(=O)c1ccccc1.[I-]. The van der Waals surface area contributed by atoms with E-state index in [-0.39, 0.29) is 29.9 Å². The summed E-state index contributed by atoms with van der Waals surface area (Å²) in [5.74, 6) is -0.0148. The molecule has 0 fully saturated rings. The molecule has 0 heterocycles. The Hall–Kier alpha value is 0.110. The lowest BCUT2D eigenvalue weighted by Gasteiger charge is -2.28. The maximum atomic E-state index is 11.9. The number of quaternary nitrogens is 1. The van der Waals surface area contributed by atoms with Crippen LogP contribution in [-0.2, 0) is 0 Å². The van der Waals surface area contributed by atoms with Gasteiger partial charge in [0.05, 0.1) is 14.1 Å². The molecule has 0 saturated carbocycles. The molecule has 0 radical (unpaired) electrons. The van der Waals surface area contributed by atoms with Crippen LogP contribution < -0.4 is 29.4 Å². The van der Waals surface area contributed by atoms with Crippen LogP contribution in [0.5, 0.6) is 0 Å². The maximum Gasteiger partial charge on any atom is 0.295 e. The minimum atomic E-state index is -0.0148. The zero-order chi connectivity index (χ0) is 12.0. The molecule has 1 rings (SSSR count). The van der Waals surface area contributed by atoms with Gasteiger partial charge < -0.3 is 24.0 Å². The fourth-order valence-electron chi connectivity index (χ4n) is 1.44. The number of nitrogens with one attached hydrogen (secondary N) is 1. The second-order valence-electron chi connectivity index (χ2n) is 4.26. The average Bonchev–Trinajstić information content (AvgIpc) is 2.27. The van der Waals surface area contributed by atoms with Gasteiger partial charge in [0.15, 0.2) is 0 Å². The van der Waals surface area contributed by atoms with Crippen LogP contribution in [0.4, 0.5) is 0 Å². The third kappa shape index (κ3) is 6.56. The van der Waals surface area contributed by atoms with Crippen LogP contribution in [-0.4, -0.2) is 35.6 Å². The Balaban J connectivity index is 0.00000256. The fourth-order valence-corrected chi connectivity index (χ4v) is 1.78. The summed E-state index contributed by atoms with van der Waals surface area (Å²) in [4.78, 5) is 11.9. The molecule has 3 nitrogen and oxygen atoms in total. The van der Waals surface area contributed by atoms with Crippen LogP contribution >= 0.6 is 22.6 Å². The molecule has 5 heteroatoms. The van der Waals surface area contributed by atoms with Crippen LogP contribution in [0.3, 0.4) is 0 Å². The van der Waals surface area contributed by atoms with Gasteiger partial charge in [0.2, 0.25) is 0 Å². The quantitative estimate of drug-likeness (QED) is 0.266. The van der Waals surface area contributed by atoms with Crippen LogP contribution in [0.1, 0.15) is 16.8 Å². The van der Waals surface area contributed by atoms with Gasteiger partial charge in [-0.1, -0.05) is 40.8 Å². The molecular weight excluding hydrogens is 442 g/mol. The van der Waals surface area contributed by atoms with Crippen molar-refractivity contribution < 1.29 is 33.4 Å². The van der Waals surface area contributed by atoms with Crippen LogP contribution in [0.15, 0.2) is 30.3 Å². The van der Waals surface area contributed by atoms with Crippen molar-refractivity contribution in [2.45, 2.75) is 6.42 Å². The lowest BCUT2D eigenvalue weighted by atomic mass is 10.2. The Bertz CT molecular complexity index is 342. The summed E-state index contributed by atoms with van der Waals surface area (Å²) >= 11 is 2.35. The highest BCUT2D eigenvalue weighted by Gasteiger charge is 2.18. The summed E-state index contributed by atoms with van der Waals surface area (Å²) in [5.41, 5.74) is 3.71. The van der Waals surface area contributed by atoms with Crippen molar-refractivity contribution in [2.24, 2.45) is 0 Å². The largest absolute Gasteiger partial charge is 1.00 e. The standard InChI is InChI=1S/C12H17IN2O.HI/c1-15(2,10-6-9-13)14-12(16)11-7-4-3-5-8-11;/h3-5,7-8H,6,9-10H2,1-2H3;1H. The number of benzene rings is 1. The van der Waals surface area contributed by atoms with E-state index in [1.165, 1.54) is 0 Å². The van der Waals surface area contributed by atoms with Gasteiger partial charge in [0.25, 0.3) is 5.91 Å². The number of nitrogens with zero attached hydrogens (tertiary/aromatic N) is 1. The van der Waals surface area contributed by atoms with E-state index in [0.29, 0.717) is 10.2 Å². The number of rotatable bonds is 5. The first kappa shape index (κ1) is 17.1. The van der Waals surface area contributed by atoms with Gasteiger partial charge >= 0.3 is 0 Å². The Labute approximate surface area is 134 Å². The van der Waals surface area contributed by atoms with Gasteiger partial charge in [0, 0.05) is 16.4 Å². The highest BCUT2D eigenvalue weighted by atomic mass is 127. The molecule has 0 saturated heterocycles. The summed E-state index contributed by atoms with van der Waals surface area (Å²) < 4.78 is 1.64. The normalized spacial score (nSPS) is 10.5. The zero-order valence-electron chi connectivity index (χ0n) is 10.1. The van der Waals surface area contributed by atoms with Crippen molar-refractivity contribution >= 4 is 28.5 Å². The third-order valence-electron chi connectivity index (χ3n) is 2.29. The lowest BCUT2D eigenvalue weighted by Crippen LogP contribution is -3.00. The topological polar surface area (TPSA) is 29.1 Å². The molecule has 0 aliphatic carbocycles. The van der Waals surface area contributed by atoms with Crippen LogP contribution in [0.25, 0.3) is 0 Å². The molecule has 1 N–H and O–H groups in total. The van der Waals surface area contributed by atoms with E-state index < -0.39 is 0 Å². The molecule has 0 aromatic heterocycles. The number of halogens is 2. The molecule has 0 unspecified atom stereocenters. The van der Waals surface area contributed by atoms with E-state index >= 15 is 0 Å². The zero-order valence-corrected chi connectivity index (χ0v) is 14.4. The van der Waals surface area contributed by atoms with Crippen molar-refractivity contribution in [2.75, 3.05) is 25.1 Å². The summed E-state index contributed by atoms with van der Waals surface area (Å²) in [7, 11) is 4.01. The molecular formula is C12H18I2N2O. The molecule has 0 bridgehead atoms. The molecule has 17 heavy (non-hydrogen) atoms. The van der Waals surface area contributed by atoms with Crippen molar-refractivity contribution in [3.05, 3.63) is 35.9 Å². The van der Waals surface area contributed by atoms with E-state index in [1.54, 1.807) is 0 Å². The second-order valence-corrected chi connectivity index (χ2v) is 5.34. The van der Waals surface area contributed by atoms with E-state index in [1.807, 2.05) is 44.4 Å². The van der Waals surface area contributed by atoms with E-state index in [4.69, 9.17) is 0 Å². The number of amides is 1. The van der Waals surface area contributed by atoms with Crippen molar-refractivity contribution in [1.29, 1.82) is 0 Å². The van der Waals surface area contributed by atoms with Gasteiger partial charge in [-0.2, -0.15) is 5.43 Å². The van der Waals surface area contributed by atoms with Gasteiger partial charge in [-0.15, -0.1) is 0 Å². The first-order valence-corrected chi connectivity index (χ1v) is 6.84. The smallest absolute Gasteiger partial charge is 0.295 e. The monoisotopic (exact) mass is 460 g/mol. The third-order valence-corrected chi connectivity index (χ3v) is 3.05. The highest BCUT2D eigenvalue weighted by molar-refractivity contribution is 14.1. The van der Waals surface area contributed by atoms with Crippen molar-refractivity contribution in [1.82, 2.24) is 5.43 Å². The molecule has 1 aromatic rings. The Kier molecular flexibility index (Phi) is 8.31. The first-order chi connectivity index (χ1) is 7.55. The van der Waals surface area contributed by atoms with Crippen molar-refractivity contribution in [3.63, 3.8) is 0 Å². The van der Waals surface area contributed by atoms with E-state index in [9.17, 15) is 4.79 Å². The first-order valence-electron chi connectivity index (χ1n) is 5.32. The van der Waals surface area contributed by atoms with Gasteiger partial charge in [-0.25, -0.2) is 4.59 Å². The highest BCUT2D eigenvalue weighted by Crippen LogP contribution is 2.02. The summed E-state index contributed by atoms with van der Waals surface area (Å²) in [5, 5.41) is 0. The summed E-state index contributed by atoms with van der Waals surface area (Å²) in [6.07, 6.45) is 1.10. The molecule has 0 aliphatic heterocycles. The molecule has 1 aromatic carbocycles. The number of alkyl halides is 1. The number of hydrogen-bond donors (Lipinski definition) is 1. The van der Waals surface area contributed by atoms with Crippen LogP contribution in [0, 0.1) is 0 Å². The molecule has 0 aliphatic rings. The maximum absolute atomic E-state index is 11.9. The second kappa shape index (κ2) is 8.25. The van der Waals surface area contributed by atoms with Gasteiger partial charge in [0.1, 0.15) is 6.54 Å². The van der Waals surface area contributed by atoms with Crippen LogP contribution in [0.2, 0.25) is 0 Å². The van der Waals surface area contributed by atoms with Crippen molar-refractivity contribution in [3.8, 4) is 0 Å². The predicted octanol–water partition coefficient (Wildman–Crippen LogP) is -0.763. The summed E-state index contributed by atoms with van der Waals surface area (Å²) in [6.45, 7) is 0.946. The van der Waals surface area contributed by atoms with E-state index in [0.717, 1.165) is 17.4 Å². The Morgan fingerprint density at radius 3 is 2.41 bits per heavy atom. The predicted molar refractivity (Wildman–Crippen MR) is 74.4 cm³/mol. The minimum Gasteiger partial charge on any atom is -1.00 e. The molecule has 0 atom stereocenters. The average molecular weight is 460 g/mol. The fraction of sp³-hybridized carbons (Fsp3) is 0.417. The van der Waals surface area contributed by atoms with Gasteiger partial charge in [-0.05, 0) is 12.1 Å². The Morgan fingerprint density at radius 2 is 1.88 bits per heavy atom. The molecule has 0 spiro atoms. The Morgan fingerprint density at radius 1 is 1.29 bits per heavy atom. The number of carbonyl (C=O) groups excluding carboxylic acids is 1. The van der Waals surface area contributed by atoms with Gasteiger partial charge in [-0.3, -0.25) is 4.79 Å². The summed E-state index contributed by atoms with van der Waals surface area (Å²) in [6, 6.07) is 9.31. The van der Waals surface area contributed by atoms with E-state index in [2.05, 4.69) is 28.0 Å². The molecule has 96 valence electrons. The lowest BCUT2D eigenvalue weighted by molar-refractivity contribution is -0.924. The minimum absolute atomic E-state index is 0. The molecule has 1 amide bonds. The number of carbonyl (C=O) groups is 1. The number of hydrogen-bond acceptors (Lipinski definition) is 1.